The number of hydrogen-bond acceptors (Lipinski definition) is 5. The third kappa shape index (κ3) is 6.35. The molecular weight excluding hydrogens is 407 g/mol. The Kier molecular flexibility index (Phi) is 8.88. The van der Waals surface area contributed by atoms with E-state index in [1.54, 1.807) is 12.3 Å². The van der Waals surface area contributed by atoms with E-state index in [-0.39, 0.29) is 24.0 Å². The Morgan fingerprint density at radius 1 is 1.39 bits per heavy atom. The largest absolute Gasteiger partial charge is 0.357 e. The Morgan fingerprint density at radius 2 is 2.26 bits per heavy atom. The summed E-state index contributed by atoms with van der Waals surface area (Å²) in [6.45, 7) is 7.71. The van der Waals surface area contributed by atoms with Crippen LogP contribution in [0.2, 0.25) is 0 Å². The van der Waals surface area contributed by atoms with Gasteiger partial charge >= 0.3 is 0 Å². The maximum absolute atomic E-state index is 5.20. The van der Waals surface area contributed by atoms with Gasteiger partial charge in [0.05, 0.1) is 0 Å². The second-order valence-corrected chi connectivity index (χ2v) is 4.41. The number of guanidine groups is 1. The summed E-state index contributed by atoms with van der Waals surface area (Å²) in [6.07, 6.45) is 4.07. The molecule has 2 aromatic rings. The Bertz CT molecular complexity index is 613. The zero-order chi connectivity index (χ0) is 15.6. The van der Waals surface area contributed by atoms with Crippen molar-refractivity contribution in [2.24, 2.45) is 4.99 Å². The van der Waals surface area contributed by atoms with Crippen LogP contribution >= 0.6 is 24.0 Å². The first kappa shape index (κ1) is 19.1. The van der Waals surface area contributed by atoms with Crippen molar-refractivity contribution < 1.29 is 4.52 Å². The maximum atomic E-state index is 5.20. The van der Waals surface area contributed by atoms with E-state index in [2.05, 4.69) is 37.3 Å². The fourth-order valence-electron chi connectivity index (χ4n) is 1.73. The molecule has 0 spiro atoms. The highest BCUT2D eigenvalue weighted by Crippen LogP contribution is 2.13. The first-order chi connectivity index (χ1) is 10.8. The number of halogens is 1. The summed E-state index contributed by atoms with van der Waals surface area (Å²) in [4.78, 5) is 12.9. The number of nitrogens with one attached hydrogen (secondary N) is 2. The van der Waals surface area contributed by atoms with E-state index in [4.69, 9.17) is 4.52 Å². The minimum Gasteiger partial charge on any atom is -0.357 e. The van der Waals surface area contributed by atoms with Gasteiger partial charge in [0.2, 0.25) is 0 Å². The lowest BCUT2D eigenvalue weighted by Gasteiger charge is -2.08. The minimum absolute atomic E-state index is 0. The first-order valence-electron chi connectivity index (χ1n) is 7.20. The highest BCUT2D eigenvalue weighted by Gasteiger charge is 2.09. The molecule has 8 heteroatoms. The van der Waals surface area contributed by atoms with E-state index < -0.39 is 0 Å². The zero-order valence-corrected chi connectivity index (χ0v) is 15.4. The second kappa shape index (κ2) is 10.7. The molecule has 0 bridgehead atoms. The Balaban J connectivity index is 0.00000264. The molecule has 0 saturated carbocycles. The summed E-state index contributed by atoms with van der Waals surface area (Å²) in [5.41, 5.74) is 0.672. The number of aromatic nitrogens is 3. The van der Waals surface area contributed by atoms with Gasteiger partial charge in [-0.3, -0.25) is 9.98 Å². The van der Waals surface area contributed by atoms with E-state index in [0.29, 0.717) is 36.9 Å². The normalized spacial score (nSPS) is 10.7. The summed E-state index contributed by atoms with van der Waals surface area (Å²) in [5.74, 6) is 1.79. The van der Waals surface area contributed by atoms with Crippen LogP contribution in [0.25, 0.3) is 11.6 Å². The van der Waals surface area contributed by atoms with Gasteiger partial charge in [0.15, 0.2) is 11.8 Å². The van der Waals surface area contributed by atoms with Crippen LogP contribution < -0.4 is 10.6 Å². The van der Waals surface area contributed by atoms with Crippen LogP contribution in [0.5, 0.6) is 0 Å². The number of rotatable bonds is 7. The molecule has 2 heterocycles. The number of pyridine rings is 1. The van der Waals surface area contributed by atoms with E-state index in [0.717, 1.165) is 12.5 Å². The molecule has 0 aromatic carbocycles. The molecule has 0 aliphatic heterocycles. The van der Waals surface area contributed by atoms with E-state index >= 15 is 0 Å². The van der Waals surface area contributed by atoms with Gasteiger partial charge in [-0.2, -0.15) is 4.98 Å². The topological polar surface area (TPSA) is 88.2 Å². The summed E-state index contributed by atoms with van der Waals surface area (Å²) >= 11 is 0. The summed E-state index contributed by atoms with van der Waals surface area (Å²) < 4.78 is 5.20. The SMILES string of the molecule is C=CCNC(=NCCc1noc(-c2ccccn2)n1)NCC.I. The Hall–Kier alpha value is -1.97. The van der Waals surface area contributed by atoms with Crippen molar-refractivity contribution >= 4 is 29.9 Å². The van der Waals surface area contributed by atoms with Crippen LogP contribution in [-0.2, 0) is 6.42 Å². The molecule has 2 aromatic heterocycles. The lowest BCUT2D eigenvalue weighted by molar-refractivity contribution is 0.421. The molecule has 0 aliphatic rings. The predicted octanol–water partition coefficient (Wildman–Crippen LogP) is 2.03. The van der Waals surface area contributed by atoms with E-state index in [9.17, 15) is 0 Å². The number of nitrogens with zero attached hydrogens (tertiary/aromatic N) is 4. The van der Waals surface area contributed by atoms with Crippen molar-refractivity contribution in [1.82, 2.24) is 25.8 Å². The minimum atomic E-state index is 0. The van der Waals surface area contributed by atoms with Crippen molar-refractivity contribution in [3.05, 3.63) is 42.9 Å². The van der Waals surface area contributed by atoms with Crippen LogP contribution in [0.15, 0.2) is 46.6 Å². The van der Waals surface area contributed by atoms with Gasteiger partial charge in [-0.1, -0.05) is 17.3 Å². The fraction of sp³-hybridized carbons (Fsp3) is 0.333. The van der Waals surface area contributed by atoms with Gasteiger partial charge in [-0.05, 0) is 19.1 Å². The molecule has 124 valence electrons. The molecule has 7 nitrogen and oxygen atoms in total. The smallest absolute Gasteiger partial charge is 0.276 e. The molecule has 23 heavy (non-hydrogen) atoms. The van der Waals surface area contributed by atoms with Gasteiger partial charge in [-0.25, -0.2) is 0 Å². The molecule has 0 unspecified atom stereocenters. The van der Waals surface area contributed by atoms with Crippen molar-refractivity contribution in [3.63, 3.8) is 0 Å². The van der Waals surface area contributed by atoms with Gasteiger partial charge in [0, 0.05) is 32.3 Å². The molecule has 0 radical (unpaired) electrons. The van der Waals surface area contributed by atoms with Crippen molar-refractivity contribution in [2.75, 3.05) is 19.6 Å². The maximum Gasteiger partial charge on any atom is 0.276 e. The lowest BCUT2D eigenvalue weighted by atomic mass is 10.3. The van der Waals surface area contributed by atoms with Gasteiger partial charge in [0.1, 0.15) is 5.69 Å². The standard InChI is InChI=1S/C15H20N6O.HI/c1-3-9-18-15(16-4-2)19-11-8-13-20-14(22-21-13)12-7-5-6-10-17-12;/h3,5-7,10H,1,4,8-9,11H2,2H3,(H2,16,18,19);1H. The molecule has 0 fully saturated rings. The molecular formula is C15H21IN6O. The fourth-order valence-corrected chi connectivity index (χ4v) is 1.73. The van der Waals surface area contributed by atoms with E-state index in [1.165, 1.54) is 0 Å². The third-order valence-electron chi connectivity index (χ3n) is 2.72. The molecule has 2 N–H and O–H groups in total. The molecule has 0 saturated heterocycles. The van der Waals surface area contributed by atoms with Crippen LogP contribution in [0.4, 0.5) is 0 Å². The van der Waals surface area contributed by atoms with Crippen LogP contribution in [0.1, 0.15) is 12.7 Å². The Morgan fingerprint density at radius 3 is 2.96 bits per heavy atom. The van der Waals surface area contributed by atoms with E-state index in [1.807, 2.05) is 25.1 Å². The van der Waals surface area contributed by atoms with Crippen molar-refractivity contribution in [2.45, 2.75) is 13.3 Å². The average Bonchev–Trinajstić information content (AvgIpc) is 3.02. The second-order valence-electron chi connectivity index (χ2n) is 4.41. The molecule has 0 aliphatic carbocycles. The molecule has 0 amide bonds. The lowest BCUT2D eigenvalue weighted by Crippen LogP contribution is -2.37. The van der Waals surface area contributed by atoms with Gasteiger partial charge < -0.3 is 15.2 Å². The monoisotopic (exact) mass is 428 g/mol. The molecule has 2 rings (SSSR count). The number of hydrogen-bond donors (Lipinski definition) is 2. The van der Waals surface area contributed by atoms with Gasteiger partial charge in [-0.15, -0.1) is 30.6 Å². The number of aliphatic imine (C=N–C) groups is 1. The van der Waals surface area contributed by atoms with Gasteiger partial charge in [0.25, 0.3) is 5.89 Å². The quantitative estimate of drug-likeness (QED) is 0.304. The zero-order valence-electron chi connectivity index (χ0n) is 13.0. The first-order valence-corrected chi connectivity index (χ1v) is 7.20. The molecule has 0 atom stereocenters. The van der Waals surface area contributed by atoms with Crippen LogP contribution in [0.3, 0.4) is 0 Å². The predicted molar refractivity (Wildman–Crippen MR) is 101 cm³/mol. The van der Waals surface area contributed by atoms with Crippen LogP contribution in [-0.4, -0.2) is 40.7 Å². The van der Waals surface area contributed by atoms with Crippen LogP contribution in [0, 0.1) is 0 Å². The highest BCUT2D eigenvalue weighted by molar-refractivity contribution is 14.0. The highest BCUT2D eigenvalue weighted by atomic mass is 127. The average molecular weight is 428 g/mol. The summed E-state index contributed by atoms with van der Waals surface area (Å²) in [7, 11) is 0. The van der Waals surface area contributed by atoms with Crippen molar-refractivity contribution in [3.8, 4) is 11.6 Å². The summed E-state index contributed by atoms with van der Waals surface area (Å²) in [6, 6.07) is 5.55. The summed E-state index contributed by atoms with van der Waals surface area (Å²) in [5, 5.41) is 10.2. The van der Waals surface area contributed by atoms with Crippen molar-refractivity contribution in [1.29, 1.82) is 0 Å². The Labute approximate surface area is 152 Å². The third-order valence-corrected chi connectivity index (χ3v) is 2.72.